The van der Waals surface area contributed by atoms with Crippen LogP contribution in [-0.2, 0) is 11.2 Å². The van der Waals surface area contributed by atoms with Gasteiger partial charge >= 0.3 is 0 Å². The maximum atomic E-state index is 13.1. The fourth-order valence-electron chi connectivity index (χ4n) is 3.11. The Morgan fingerprint density at radius 2 is 1.71 bits per heavy atom. The standard InChI is InChI=1S/C22H15BrN4O4/c23-16-9-7-15(8-10-16)21-24-19-4-2-1-3-18(19)22(29)26(21)25-20(28)13-14-5-11-17(12-6-14)27(30)31/h1-12H,13H2,(H,25,28). The molecule has 4 rings (SSSR count). The molecule has 0 radical (unpaired) electrons. The Morgan fingerprint density at radius 1 is 1.03 bits per heavy atom. The zero-order valence-corrected chi connectivity index (χ0v) is 17.6. The highest BCUT2D eigenvalue weighted by atomic mass is 79.9. The van der Waals surface area contributed by atoms with Gasteiger partial charge in [-0.15, -0.1) is 0 Å². The van der Waals surface area contributed by atoms with Crippen LogP contribution < -0.4 is 11.0 Å². The van der Waals surface area contributed by atoms with Crippen LogP contribution in [0.3, 0.4) is 0 Å². The number of nitrogens with one attached hydrogen (secondary N) is 1. The summed E-state index contributed by atoms with van der Waals surface area (Å²) in [4.78, 5) is 40.7. The average molecular weight is 479 g/mol. The van der Waals surface area contributed by atoms with Gasteiger partial charge in [0.2, 0.25) is 5.91 Å². The molecule has 0 saturated heterocycles. The molecule has 1 aromatic heterocycles. The molecule has 0 saturated carbocycles. The largest absolute Gasteiger partial charge is 0.280 e. The molecule has 8 nitrogen and oxygen atoms in total. The van der Waals surface area contributed by atoms with Crippen LogP contribution in [0.2, 0.25) is 0 Å². The zero-order chi connectivity index (χ0) is 22.0. The van der Waals surface area contributed by atoms with Crippen LogP contribution in [0.15, 0.2) is 82.1 Å². The fraction of sp³-hybridized carbons (Fsp3) is 0.0455. The summed E-state index contributed by atoms with van der Waals surface area (Å²) in [6.45, 7) is 0. The number of non-ortho nitro benzene ring substituents is 1. The van der Waals surface area contributed by atoms with Crippen molar-refractivity contribution in [2.75, 3.05) is 5.43 Å². The third-order valence-electron chi connectivity index (χ3n) is 4.63. The monoisotopic (exact) mass is 478 g/mol. The molecule has 1 heterocycles. The third kappa shape index (κ3) is 4.36. The minimum atomic E-state index is -0.505. The Hall–Kier alpha value is -3.85. The number of amides is 1. The Balaban J connectivity index is 1.71. The van der Waals surface area contributed by atoms with Crippen molar-refractivity contribution in [1.29, 1.82) is 0 Å². The molecular formula is C22H15BrN4O4. The summed E-state index contributed by atoms with van der Waals surface area (Å²) in [6.07, 6.45) is -0.0585. The number of nitrogens with zero attached hydrogens (tertiary/aromatic N) is 3. The van der Waals surface area contributed by atoms with Gasteiger partial charge < -0.3 is 0 Å². The summed E-state index contributed by atoms with van der Waals surface area (Å²) in [7, 11) is 0. The summed E-state index contributed by atoms with van der Waals surface area (Å²) in [5, 5.41) is 11.2. The van der Waals surface area contributed by atoms with E-state index in [1.54, 1.807) is 36.4 Å². The first-order valence-electron chi connectivity index (χ1n) is 9.23. The lowest BCUT2D eigenvalue weighted by Gasteiger charge is -2.15. The first kappa shape index (κ1) is 20.4. The van der Waals surface area contributed by atoms with Gasteiger partial charge in [-0.05, 0) is 29.8 Å². The van der Waals surface area contributed by atoms with E-state index in [9.17, 15) is 19.7 Å². The van der Waals surface area contributed by atoms with Gasteiger partial charge in [0.25, 0.3) is 11.2 Å². The Labute approximate surface area is 184 Å². The minimum absolute atomic E-state index is 0.0585. The number of nitro benzene ring substituents is 1. The average Bonchev–Trinajstić information content (AvgIpc) is 2.76. The number of carbonyl (C=O) groups is 1. The lowest BCUT2D eigenvalue weighted by atomic mass is 10.1. The number of aromatic nitrogens is 2. The van der Waals surface area contributed by atoms with Crippen molar-refractivity contribution in [3.05, 3.63) is 103 Å². The molecule has 0 aliphatic heterocycles. The second-order valence-electron chi connectivity index (χ2n) is 6.74. The van der Waals surface area contributed by atoms with E-state index in [-0.39, 0.29) is 12.1 Å². The molecule has 31 heavy (non-hydrogen) atoms. The van der Waals surface area contributed by atoms with Crippen molar-refractivity contribution < 1.29 is 9.72 Å². The van der Waals surface area contributed by atoms with Crippen LogP contribution >= 0.6 is 15.9 Å². The van der Waals surface area contributed by atoms with Crippen molar-refractivity contribution in [3.8, 4) is 11.4 Å². The number of hydrogen-bond acceptors (Lipinski definition) is 5. The van der Waals surface area contributed by atoms with Gasteiger partial charge in [-0.25, -0.2) is 4.98 Å². The van der Waals surface area contributed by atoms with Crippen molar-refractivity contribution in [3.63, 3.8) is 0 Å². The minimum Gasteiger partial charge on any atom is -0.273 e. The van der Waals surface area contributed by atoms with Gasteiger partial charge in [-0.3, -0.25) is 25.1 Å². The third-order valence-corrected chi connectivity index (χ3v) is 5.16. The van der Waals surface area contributed by atoms with E-state index < -0.39 is 16.4 Å². The lowest BCUT2D eigenvalue weighted by molar-refractivity contribution is -0.384. The van der Waals surface area contributed by atoms with E-state index in [2.05, 4.69) is 26.3 Å². The Morgan fingerprint density at radius 3 is 2.39 bits per heavy atom. The molecule has 0 aliphatic carbocycles. The molecule has 9 heteroatoms. The quantitative estimate of drug-likeness (QED) is 0.343. The molecule has 0 atom stereocenters. The van der Waals surface area contributed by atoms with E-state index in [1.165, 1.54) is 24.3 Å². The van der Waals surface area contributed by atoms with E-state index >= 15 is 0 Å². The normalized spacial score (nSPS) is 10.7. The molecule has 0 aliphatic rings. The van der Waals surface area contributed by atoms with E-state index in [1.807, 2.05) is 12.1 Å². The Kier molecular flexibility index (Phi) is 5.59. The van der Waals surface area contributed by atoms with Crippen LogP contribution in [0.1, 0.15) is 5.56 Å². The molecule has 1 amide bonds. The van der Waals surface area contributed by atoms with E-state index in [0.29, 0.717) is 27.9 Å². The second-order valence-corrected chi connectivity index (χ2v) is 7.65. The highest BCUT2D eigenvalue weighted by Crippen LogP contribution is 2.21. The molecule has 0 unspecified atom stereocenters. The van der Waals surface area contributed by atoms with Crippen LogP contribution in [0.4, 0.5) is 5.69 Å². The molecule has 1 N–H and O–H groups in total. The van der Waals surface area contributed by atoms with Crippen LogP contribution in [0.25, 0.3) is 22.3 Å². The van der Waals surface area contributed by atoms with Gasteiger partial charge in [0.05, 0.1) is 22.2 Å². The first-order chi connectivity index (χ1) is 14.9. The molecule has 4 aromatic rings. The van der Waals surface area contributed by atoms with Gasteiger partial charge in [0, 0.05) is 22.2 Å². The number of benzene rings is 3. The van der Waals surface area contributed by atoms with E-state index in [0.717, 1.165) is 9.15 Å². The van der Waals surface area contributed by atoms with Gasteiger partial charge in [0.15, 0.2) is 5.82 Å². The predicted octanol–water partition coefficient (Wildman–Crippen LogP) is 4.05. The molecule has 3 aromatic carbocycles. The SMILES string of the molecule is O=C(Cc1ccc([N+](=O)[O-])cc1)Nn1c(-c2ccc(Br)cc2)nc2ccccc2c1=O. The lowest BCUT2D eigenvalue weighted by Crippen LogP contribution is -2.35. The number of halogens is 1. The molecular weight excluding hydrogens is 464 g/mol. The zero-order valence-electron chi connectivity index (χ0n) is 16.0. The second kappa shape index (κ2) is 8.49. The van der Waals surface area contributed by atoms with Crippen molar-refractivity contribution in [2.45, 2.75) is 6.42 Å². The van der Waals surface area contributed by atoms with Crippen LogP contribution in [-0.4, -0.2) is 20.5 Å². The summed E-state index contributed by atoms with van der Waals surface area (Å²) in [5.41, 5.74) is 3.92. The highest BCUT2D eigenvalue weighted by Gasteiger charge is 2.15. The molecule has 0 bridgehead atoms. The van der Waals surface area contributed by atoms with E-state index in [4.69, 9.17) is 0 Å². The predicted molar refractivity (Wildman–Crippen MR) is 120 cm³/mol. The summed E-state index contributed by atoms with van der Waals surface area (Å²) in [6, 6.07) is 19.8. The number of rotatable bonds is 5. The highest BCUT2D eigenvalue weighted by molar-refractivity contribution is 9.10. The maximum absolute atomic E-state index is 13.1. The molecule has 154 valence electrons. The topological polar surface area (TPSA) is 107 Å². The maximum Gasteiger partial charge on any atom is 0.280 e. The fourth-order valence-corrected chi connectivity index (χ4v) is 3.38. The van der Waals surface area contributed by atoms with Crippen molar-refractivity contribution in [1.82, 2.24) is 9.66 Å². The number of hydrogen-bond donors (Lipinski definition) is 1. The molecule has 0 spiro atoms. The smallest absolute Gasteiger partial charge is 0.273 e. The number of nitro groups is 1. The van der Waals surface area contributed by atoms with Gasteiger partial charge in [-0.1, -0.05) is 52.3 Å². The van der Waals surface area contributed by atoms with Gasteiger partial charge in [-0.2, -0.15) is 4.68 Å². The van der Waals surface area contributed by atoms with Crippen LogP contribution in [0, 0.1) is 10.1 Å². The Bertz CT molecular complexity index is 1350. The summed E-state index contributed by atoms with van der Waals surface area (Å²) >= 11 is 3.38. The van der Waals surface area contributed by atoms with Crippen LogP contribution in [0.5, 0.6) is 0 Å². The number of fused-ring (bicyclic) bond motifs is 1. The van der Waals surface area contributed by atoms with Crippen molar-refractivity contribution in [2.24, 2.45) is 0 Å². The van der Waals surface area contributed by atoms with Crippen molar-refractivity contribution >= 4 is 38.4 Å². The number of para-hydroxylation sites is 1. The summed E-state index contributed by atoms with van der Waals surface area (Å²) in [5.74, 6) is -0.153. The summed E-state index contributed by atoms with van der Waals surface area (Å²) < 4.78 is 2.01. The number of carbonyl (C=O) groups excluding carboxylic acids is 1. The van der Waals surface area contributed by atoms with Gasteiger partial charge in [0.1, 0.15) is 0 Å². The first-order valence-corrected chi connectivity index (χ1v) is 10.0. The molecule has 0 fully saturated rings.